The molecule has 1 saturated heterocycles. The highest BCUT2D eigenvalue weighted by Gasteiger charge is 2.27. The van der Waals surface area contributed by atoms with Gasteiger partial charge in [0.25, 0.3) is 0 Å². The first-order valence-electron chi connectivity index (χ1n) is 9.69. The van der Waals surface area contributed by atoms with Gasteiger partial charge in [0, 0.05) is 25.7 Å². The maximum atomic E-state index is 12.0. The molecular formula is C19H33IN4O3S. The van der Waals surface area contributed by atoms with E-state index in [2.05, 4.69) is 15.6 Å². The summed E-state index contributed by atoms with van der Waals surface area (Å²) >= 11 is 0. The van der Waals surface area contributed by atoms with E-state index in [1.807, 2.05) is 44.2 Å². The van der Waals surface area contributed by atoms with E-state index in [9.17, 15) is 8.42 Å². The van der Waals surface area contributed by atoms with Crippen LogP contribution in [-0.2, 0) is 10.0 Å². The summed E-state index contributed by atoms with van der Waals surface area (Å²) in [7, 11) is -3.09. The van der Waals surface area contributed by atoms with Crippen LogP contribution in [0.4, 0.5) is 0 Å². The van der Waals surface area contributed by atoms with Gasteiger partial charge in [-0.1, -0.05) is 18.2 Å². The van der Waals surface area contributed by atoms with E-state index >= 15 is 0 Å². The smallest absolute Gasteiger partial charge is 0.213 e. The summed E-state index contributed by atoms with van der Waals surface area (Å²) in [4.78, 5) is 4.63. The van der Waals surface area contributed by atoms with E-state index in [1.165, 1.54) is 0 Å². The van der Waals surface area contributed by atoms with Crippen LogP contribution in [0.1, 0.15) is 33.6 Å². The molecular weight excluding hydrogens is 491 g/mol. The highest BCUT2D eigenvalue weighted by Crippen LogP contribution is 2.14. The molecule has 0 aliphatic carbocycles. The number of nitrogens with one attached hydrogen (secondary N) is 2. The SMILES string of the molecule is CCNC(=NCC(C)Oc1ccccc1)NC1CCN(S(=O)(=O)CC)CC1.I. The Balaban J connectivity index is 0.00000392. The van der Waals surface area contributed by atoms with E-state index in [1.54, 1.807) is 11.2 Å². The molecule has 1 unspecified atom stereocenters. The molecule has 2 N–H and O–H groups in total. The van der Waals surface area contributed by atoms with Gasteiger partial charge in [0.2, 0.25) is 10.0 Å². The zero-order valence-electron chi connectivity index (χ0n) is 16.9. The van der Waals surface area contributed by atoms with Crippen molar-refractivity contribution in [3.63, 3.8) is 0 Å². The Kier molecular flexibility index (Phi) is 11.1. The largest absolute Gasteiger partial charge is 0.489 e. The molecule has 0 bridgehead atoms. The van der Waals surface area contributed by atoms with Crippen molar-refractivity contribution in [3.8, 4) is 5.75 Å². The van der Waals surface area contributed by atoms with Gasteiger partial charge < -0.3 is 15.4 Å². The second-order valence-electron chi connectivity index (χ2n) is 6.68. The first-order chi connectivity index (χ1) is 12.9. The first kappa shape index (κ1) is 25.0. The molecule has 1 atom stereocenters. The summed E-state index contributed by atoms with van der Waals surface area (Å²) in [5, 5.41) is 6.68. The number of hydrogen-bond donors (Lipinski definition) is 2. The summed E-state index contributed by atoms with van der Waals surface area (Å²) in [5.41, 5.74) is 0. The van der Waals surface area contributed by atoms with E-state index in [4.69, 9.17) is 4.74 Å². The van der Waals surface area contributed by atoms with Crippen molar-refractivity contribution in [2.45, 2.75) is 45.8 Å². The van der Waals surface area contributed by atoms with Crippen molar-refractivity contribution in [1.29, 1.82) is 0 Å². The predicted octanol–water partition coefficient (Wildman–Crippen LogP) is 2.44. The normalized spacial score (nSPS) is 17.5. The van der Waals surface area contributed by atoms with Crippen molar-refractivity contribution in [1.82, 2.24) is 14.9 Å². The van der Waals surface area contributed by atoms with Crippen molar-refractivity contribution in [2.24, 2.45) is 4.99 Å². The minimum atomic E-state index is -3.09. The van der Waals surface area contributed by atoms with Gasteiger partial charge in [0.05, 0.1) is 12.3 Å². The van der Waals surface area contributed by atoms with Crippen molar-refractivity contribution in [2.75, 3.05) is 31.9 Å². The summed E-state index contributed by atoms with van der Waals surface area (Å²) in [5.74, 6) is 1.74. The van der Waals surface area contributed by atoms with Gasteiger partial charge >= 0.3 is 0 Å². The molecule has 2 rings (SSSR count). The second-order valence-corrected chi connectivity index (χ2v) is 8.94. The number of aliphatic imine (C=N–C) groups is 1. The lowest BCUT2D eigenvalue weighted by Gasteiger charge is -2.32. The zero-order valence-corrected chi connectivity index (χ0v) is 20.1. The number of sulfonamides is 1. The molecule has 28 heavy (non-hydrogen) atoms. The first-order valence-corrected chi connectivity index (χ1v) is 11.3. The molecule has 0 radical (unpaired) electrons. The number of guanidine groups is 1. The summed E-state index contributed by atoms with van der Waals surface area (Å²) < 4.78 is 31.4. The maximum Gasteiger partial charge on any atom is 0.213 e. The quantitative estimate of drug-likeness (QED) is 0.310. The average Bonchev–Trinajstić information content (AvgIpc) is 2.67. The standard InChI is InChI=1S/C19H32N4O3S.HI/c1-4-20-19(21-15-16(3)26-18-9-7-6-8-10-18)22-17-11-13-23(14-12-17)27(24,25)5-2;/h6-10,16-17H,4-5,11-15H2,1-3H3,(H2,20,21,22);1H. The zero-order chi connectivity index (χ0) is 19.7. The van der Waals surface area contributed by atoms with Crippen LogP contribution in [-0.4, -0.2) is 62.8 Å². The number of para-hydroxylation sites is 1. The van der Waals surface area contributed by atoms with Gasteiger partial charge in [-0.3, -0.25) is 0 Å². The average molecular weight is 524 g/mol. The molecule has 0 spiro atoms. The van der Waals surface area contributed by atoms with Crippen LogP contribution >= 0.6 is 24.0 Å². The minimum absolute atomic E-state index is 0. The molecule has 1 aromatic rings. The molecule has 0 saturated carbocycles. The Morgan fingerprint density at radius 3 is 2.46 bits per heavy atom. The van der Waals surface area contributed by atoms with Crippen molar-refractivity contribution < 1.29 is 13.2 Å². The third-order valence-electron chi connectivity index (χ3n) is 4.48. The molecule has 1 aliphatic heterocycles. The van der Waals surface area contributed by atoms with E-state index in [0.717, 1.165) is 31.1 Å². The Bertz CT molecular complexity index is 692. The third-order valence-corrected chi connectivity index (χ3v) is 6.37. The number of benzene rings is 1. The summed E-state index contributed by atoms with van der Waals surface area (Å²) in [6.45, 7) is 8.12. The van der Waals surface area contributed by atoms with Gasteiger partial charge in [-0.25, -0.2) is 17.7 Å². The minimum Gasteiger partial charge on any atom is -0.489 e. The number of nitrogens with zero attached hydrogens (tertiary/aromatic N) is 2. The van der Waals surface area contributed by atoms with Gasteiger partial charge in [-0.2, -0.15) is 0 Å². The van der Waals surface area contributed by atoms with Gasteiger partial charge in [0.1, 0.15) is 11.9 Å². The van der Waals surface area contributed by atoms with E-state index in [0.29, 0.717) is 19.6 Å². The van der Waals surface area contributed by atoms with Crippen molar-refractivity contribution in [3.05, 3.63) is 30.3 Å². The van der Waals surface area contributed by atoms with Crippen LogP contribution in [0.15, 0.2) is 35.3 Å². The van der Waals surface area contributed by atoms with Crippen LogP contribution in [0, 0.1) is 0 Å². The molecule has 160 valence electrons. The molecule has 0 aromatic heterocycles. The van der Waals surface area contributed by atoms with E-state index in [-0.39, 0.29) is 41.9 Å². The van der Waals surface area contributed by atoms with Crippen LogP contribution in [0.2, 0.25) is 0 Å². The van der Waals surface area contributed by atoms with Gasteiger partial charge in [-0.05, 0) is 45.7 Å². The summed E-state index contributed by atoms with van der Waals surface area (Å²) in [6, 6.07) is 9.93. The van der Waals surface area contributed by atoms with E-state index < -0.39 is 10.0 Å². The molecule has 9 heteroatoms. The van der Waals surface area contributed by atoms with Gasteiger partial charge in [-0.15, -0.1) is 24.0 Å². The van der Waals surface area contributed by atoms with Crippen LogP contribution in [0.5, 0.6) is 5.75 Å². The number of piperidine rings is 1. The predicted molar refractivity (Wildman–Crippen MR) is 125 cm³/mol. The van der Waals surface area contributed by atoms with Crippen molar-refractivity contribution >= 4 is 40.0 Å². The second kappa shape index (κ2) is 12.5. The fourth-order valence-electron chi connectivity index (χ4n) is 2.96. The summed E-state index contributed by atoms with van der Waals surface area (Å²) in [6.07, 6.45) is 1.51. The third kappa shape index (κ3) is 8.12. The molecule has 1 heterocycles. The Morgan fingerprint density at radius 1 is 1.25 bits per heavy atom. The van der Waals surface area contributed by atoms with Crippen LogP contribution < -0.4 is 15.4 Å². The van der Waals surface area contributed by atoms with Gasteiger partial charge in [0.15, 0.2) is 5.96 Å². The Labute approximate surface area is 186 Å². The lowest BCUT2D eigenvalue weighted by Crippen LogP contribution is -2.50. The molecule has 1 aromatic carbocycles. The highest BCUT2D eigenvalue weighted by molar-refractivity contribution is 14.0. The fraction of sp³-hybridized carbons (Fsp3) is 0.632. The molecule has 0 amide bonds. The monoisotopic (exact) mass is 524 g/mol. The van der Waals surface area contributed by atoms with Crippen LogP contribution in [0.25, 0.3) is 0 Å². The highest BCUT2D eigenvalue weighted by atomic mass is 127. The lowest BCUT2D eigenvalue weighted by atomic mass is 10.1. The molecule has 1 fully saturated rings. The number of hydrogen-bond acceptors (Lipinski definition) is 4. The Hall–Kier alpha value is -1.07. The number of rotatable bonds is 8. The van der Waals surface area contributed by atoms with Crippen LogP contribution in [0.3, 0.4) is 0 Å². The maximum absolute atomic E-state index is 12.0. The topological polar surface area (TPSA) is 83.0 Å². The fourth-order valence-corrected chi connectivity index (χ4v) is 4.10. The Morgan fingerprint density at radius 2 is 1.89 bits per heavy atom. The molecule has 1 aliphatic rings. The molecule has 7 nitrogen and oxygen atoms in total. The lowest BCUT2D eigenvalue weighted by molar-refractivity contribution is 0.230. The number of halogens is 1. The number of ether oxygens (including phenoxy) is 1.